The van der Waals surface area contributed by atoms with Gasteiger partial charge in [-0.1, -0.05) is 53.0 Å². The summed E-state index contributed by atoms with van der Waals surface area (Å²) in [6.07, 6.45) is 4.25. The molecule has 2 amide bonds. The van der Waals surface area contributed by atoms with Gasteiger partial charge in [-0.15, -0.1) is 0 Å². The molecule has 3 rings (SSSR count). The number of methoxy groups -OCH3 is 1. The summed E-state index contributed by atoms with van der Waals surface area (Å²) in [6.45, 7) is 1.89. The van der Waals surface area contributed by atoms with Gasteiger partial charge in [0, 0.05) is 17.1 Å². The maximum absolute atomic E-state index is 13.2. The van der Waals surface area contributed by atoms with Crippen LogP contribution in [0.1, 0.15) is 38.2 Å². The van der Waals surface area contributed by atoms with Crippen molar-refractivity contribution in [3.63, 3.8) is 0 Å². The number of halogens is 1. The van der Waals surface area contributed by atoms with Crippen LogP contribution in [-0.4, -0.2) is 42.5 Å². The van der Waals surface area contributed by atoms with E-state index in [2.05, 4.69) is 21.2 Å². The molecular formula is C24H29BrN2O4. The standard InChI is InChI=1S/C24H29BrN2O4/c1-17(24(29)26-20-10-3-4-11-20)27(15-18-8-7-9-19(25)14-18)23(28)16-31-22-13-6-5-12-21(22)30-2/h5-9,12-14,17,20H,3-4,10-11,15-16H2,1-2H3,(H,26,29)/t17-/m0/s1. The van der Waals surface area contributed by atoms with Crippen LogP contribution in [0.4, 0.5) is 0 Å². The molecule has 1 aliphatic carbocycles. The Morgan fingerprint density at radius 2 is 1.84 bits per heavy atom. The van der Waals surface area contributed by atoms with E-state index in [0.29, 0.717) is 18.0 Å². The van der Waals surface area contributed by atoms with Crippen LogP contribution >= 0.6 is 15.9 Å². The Balaban J connectivity index is 1.73. The van der Waals surface area contributed by atoms with Crippen LogP contribution < -0.4 is 14.8 Å². The van der Waals surface area contributed by atoms with Gasteiger partial charge in [-0.3, -0.25) is 9.59 Å². The molecule has 0 saturated heterocycles. The molecule has 2 aromatic rings. The molecule has 1 fully saturated rings. The predicted molar refractivity (Wildman–Crippen MR) is 123 cm³/mol. The van der Waals surface area contributed by atoms with E-state index in [1.807, 2.05) is 36.4 Å². The quantitative estimate of drug-likeness (QED) is 0.570. The van der Waals surface area contributed by atoms with Crippen molar-refractivity contribution >= 4 is 27.7 Å². The van der Waals surface area contributed by atoms with E-state index >= 15 is 0 Å². The van der Waals surface area contributed by atoms with E-state index in [0.717, 1.165) is 35.7 Å². The number of amides is 2. The predicted octanol–water partition coefficient (Wildman–Crippen LogP) is 4.31. The van der Waals surface area contributed by atoms with Crippen molar-refractivity contribution in [1.29, 1.82) is 0 Å². The van der Waals surface area contributed by atoms with Crippen LogP contribution in [0.5, 0.6) is 11.5 Å². The molecular weight excluding hydrogens is 460 g/mol. The maximum atomic E-state index is 13.2. The summed E-state index contributed by atoms with van der Waals surface area (Å²) in [7, 11) is 1.55. The SMILES string of the molecule is COc1ccccc1OCC(=O)N(Cc1cccc(Br)c1)[C@@H](C)C(=O)NC1CCCC1. The summed E-state index contributed by atoms with van der Waals surface area (Å²) in [4.78, 5) is 27.6. The number of carbonyl (C=O) groups excluding carboxylic acids is 2. The number of nitrogens with zero attached hydrogens (tertiary/aromatic N) is 1. The van der Waals surface area contributed by atoms with Crippen molar-refractivity contribution in [2.75, 3.05) is 13.7 Å². The lowest BCUT2D eigenvalue weighted by molar-refractivity contribution is -0.142. The third-order valence-electron chi connectivity index (χ3n) is 5.53. The first kappa shape index (κ1) is 23.1. The molecule has 0 heterocycles. The smallest absolute Gasteiger partial charge is 0.261 e. The fourth-order valence-corrected chi connectivity index (χ4v) is 4.21. The van der Waals surface area contributed by atoms with E-state index in [1.165, 1.54) is 0 Å². The Kier molecular flexibility index (Phi) is 8.35. The van der Waals surface area contributed by atoms with E-state index in [9.17, 15) is 9.59 Å². The zero-order chi connectivity index (χ0) is 22.2. The minimum absolute atomic E-state index is 0.132. The average molecular weight is 489 g/mol. The molecule has 2 aromatic carbocycles. The molecule has 1 atom stereocenters. The van der Waals surface area contributed by atoms with Crippen LogP contribution in [0.25, 0.3) is 0 Å². The molecule has 6 nitrogen and oxygen atoms in total. The van der Waals surface area contributed by atoms with E-state index < -0.39 is 6.04 Å². The van der Waals surface area contributed by atoms with Crippen molar-refractivity contribution in [3.8, 4) is 11.5 Å². The Morgan fingerprint density at radius 3 is 2.52 bits per heavy atom. The number of ether oxygens (including phenoxy) is 2. The van der Waals surface area contributed by atoms with Crippen LogP contribution in [0.15, 0.2) is 53.0 Å². The number of carbonyl (C=O) groups is 2. The van der Waals surface area contributed by atoms with Crippen LogP contribution in [0.2, 0.25) is 0 Å². The zero-order valence-corrected chi connectivity index (χ0v) is 19.6. The summed E-state index contributed by atoms with van der Waals surface area (Å²) in [6, 6.07) is 14.5. The van der Waals surface area contributed by atoms with Gasteiger partial charge in [-0.25, -0.2) is 0 Å². The Morgan fingerprint density at radius 1 is 1.13 bits per heavy atom. The maximum Gasteiger partial charge on any atom is 0.261 e. The average Bonchev–Trinajstić information content (AvgIpc) is 3.28. The summed E-state index contributed by atoms with van der Waals surface area (Å²) in [5.74, 6) is 0.650. The van der Waals surface area contributed by atoms with Crippen molar-refractivity contribution < 1.29 is 19.1 Å². The highest BCUT2D eigenvalue weighted by Gasteiger charge is 2.29. The fourth-order valence-electron chi connectivity index (χ4n) is 3.77. The number of nitrogens with one attached hydrogen (secondary N) is 1. The van der Waals surface area contributed by atoms with Crippen LogP contribution in [0, 0.1) is 0 Å². The van der Waals surface area contributed by atoms with Gasteiger partial charge in [0.1, 0.15) is 6.04 Å². The highest BCUT2D eigenvalue weighted by atomic mass is 79.9. The normalized spacial score (nSPS) is 14.7. The number of para-hydroxylation sites is 2. The molecule has 0 unspecified atom stereocenters. The highest BCUT2D eigenvalue weighted by molar-refractivity contribution is 9.10. The third kappa shape index (κ3) is 6.47. The Hall–Kier alpha value is -2.54. The third-order valence-corrected chi connectivity index (χ3v) is 6.02. The molecule has 0 aliphatic heterocycles. The van der Waals surface area contributed by atoms with Crippen molar-refractivity contribution in [1.82, 2.24) is 10.2 Å². The van der Waals surface area contributed by atoms with Gasteiger partial charge in [0.2, 0.25) is 5.91 Å². The van der Waals surface area contributed by atoms with Gasteiger partial charge in [0.05, 0.1) is 7.11 Å². The van der Waals surface area contributed by atoms with Crippen molar-refractivity contribution in [2.45, 2.75) is 51.2 Å². The topological polar surface area (TPSA) is 67.9 Å². The first-order valence-corrected chi connectivity index (χ1v) is 11.4. The first-order chi connectivity index (χ1) is 15.0. The molecule has 0 spiro atoms. The summed E-state index contributed by atoms with van der Waals surface area (Å²) in [5.41, 5.74) is 0.931. The Bertz CT molecular complexity index is 899. The van der Waals surface area contributed by atoms with Gasteiger partial charge in [0.25, 0.3) is 5.91 Å². The number of hydrogen-bond acceptors (Lipinski definition) is 4. The van der Waals surface area contributed by atoms with Crippen LogP contribution in [-0.2, 0) is 16.1 Å². The molecule has 166 valence electrons. The number of rotatable bonds is 9. The van der Waals surface area contributed by atoms with Gasteiger partial charge in [-0.2, -0.15) is 0 Å². The molecule has 1 saturated carbocycles. The van der Waals surface area contributed by atoms with Gasteiger partial charge in [-0.05, 0) is 49.6 Å². The zero-order valence-electron chi connectivity index (χ0n) is 18.0. The molecule has 1 N–H and O–H groups in total. The first-order valence-electron chi connectivity index (χ1n) is 10.6. The molecule has 0 aromatic heterocycles. The second-order valence-electron chi connectivity index (χ2n) is 7.76. The molecule has 0 radical (unpaired) electrons. The van der Waals surface area contributed by atoms with Crippen molar-refractivity contribution in [2.24, 2.45) is 0 Å². The van der Waals surface area contributed by atoms with Crippen molar-refractivity contribution in [3.05, 3.63) is 58.6 Å². The van der Waals surface area contributed by atoms with Gasteiger partial charge >= 0.3 is 0 Å². The van der Waals surface area contributed by atoms with Crippen LogP contribution in [0.3, 0.4) is 0 Å². The fraction of sp³-hybridized carbons (Fsp3) is 0.417. The lowest BCUT2D eigenvalue weighted by Crippen LogP contribution is -2.50. The number of hydrogen-bond donors (Lipinski definition) is 1. The summed E-state index contributed by atoms with van der Waals surface area (Å²) < 4.78 is 11.9. The monoisotopic (exact) mass is 488 g/mol. The molecule has 1 aliphatic rings. The van der Waals surface area contributed by atoms with E-state index in [1.54, 1.807) is 31.1 Å². The van der Waals surface area contributed by atoms with Gasteiger partial charge in [0.15, 0.2) is 18.1 Å². The minimum Gasteiger partial charge on any atom is -0.493 e. The van der Waals surface area contributed by atoms with E-state index in [-0.39, 0.29) is 24.5 Å². The Labute approximate surface area is 192 Å². The lowest BCUT2D eigenvalue weighted by atomic mass is 10.1. The minimum atomic E-state index is -0.617. The molecule has 0 bridgehead atoms. The van der Waals surface area contributed by atoms with E-state index in [4.69, 9.17) is 9.47 Å². The second kappa shape index (κ2) is 11.2. The highest BCUT2D eigenvalue weighted by Crippen LogP contribution is 2.26. The summed E-state index contributed by atoms with van der Waals surface area (Å²) in [5, 5.41) is 3.10. The molecule has 31 heavy (non-hydrogen) atoms. The lowest BCUT2D eigenvalue weighted by Gasteiger charge is -2.29. The molecule has 7 heteroatoms. The largest absolute Gasteiger partial charge is 0.493 e. The summed E-state index contributed by atoms with van der Waals surface area (Å²) >= 11 is 3.47. The van der Waals surface area contributed by atoms with Gasteiger partial charge < -0.3 is 19.7 Å². The number of benzene rings is 2. The second-order valence-corrected chi connectivity index (χ2v) is 8.67.